The Kier molecular flexibility index (Phi) is 1.04. The first-order valence-corrected chi connectivity index (χ1v) is 2.45. The van der Waals surface area contributed by atoms with Crippen LogP contribution < -0.4 is 0 Å². The van der Waals surface area contributed by atoms with Crippen molar-refractivity contribution in [3.05, 3.63) is 0 Å². The smallest absolute Gasteiger partial charge is 0.0691 e. The van der Waals surface area contributed by atoms with Crippen LogP contribution in [0.4, 0.5) is 0 Å². The van der Waals surface area contributed by atoms with E-state index in [9.17, 15) is 0 Å². The predicted molar refractivity (Wildman–Crippen MR) is 27.6 cm³/mol. The van der Waals surface area contributed by atoms with Gasteiger partial charge in [0.1, 0.15) is 0 Å². The largest absolute Gasteiger partial charge is 0.392 e. The van der Waals surface area contributed by atoms with E-state index in [1.165, 1.54) is 0 Å². The van der Waals surface area contributed by atoms with Gasteiger partial charge < -0.3 is 5.11 Å². The molecule has 0 aromatic heterocycles. The van der Waals surface area contributed by atoms with Crippen molar-refractivity contribution in [1.29, 1.82) is 0 Å². The van der Waals surface area contributed by atoms with Gasteiger partial charge in [-0.25, -0.2) is 0 Å². The van der Waals surface area contributed by atoms with Crippen LogP contribution in [0.5, 0.6) is 0 Å². The normalized spacial score (nSPS) is 36.3. The van der Waals surface area contributed by atoms with E-state index in [0.29, 0.717) is 5.92 Å². The molecule has 2 unspecified atom stereocenters. The van der Waals surface area contributed by atoms with Crippen LogP contribution in [-0.2, 0) is 0 Å². The number of aliphatic hydroxyl groups is 1. The van der Waals surface area contributed by atoms with Crippen molar-refractivity contribution in [3.8, 4) is 11.8 Å². The number of aliphatic hydroxyl groups excluding tert-OH is 1. The Balaban J connectivity index is 2.29. The van der Waals surface area contributed by atoms with Gasteiger partial charge in [0.15, 0.2) is 0 Å². The topological polar surface area (TPSA) is 20.2 Å². The molecule has 1 saturated carbocycles. The highest BCUT2D eigenvalue weighted by Gasteiger charge is 2.32. The van der Waals surface area contributed by atoms with E-state index in [-0.39, 0.29) is 6.10 Å². The quantitative estimate of drug-likeness (QED) is 0.432. The van der Waals surface area contributed by atoms with Gasteiger partial charge in [0.2, 0.25) is 0 Å². The number of hydrogen-bond acceptors (Lipinski definition) is 1. The first kappa shape index (κ1) is 4.67. The van der Waals surface area contributed by atoms with Crippen LogP contribution >= 0.6 is 0 Å². The molecule has 0 bridgehead atoms. The van der Waals surface area contributed by atoms with E-state index in [1.807, 2.05) is 0 Å². The van der Waals surface area contributed by atoms with E-state index >= 15 is 0 Å². The molecule has 1 heteroatoms. The Morgan fingerprint density at radius 3 is 2.43 bits per heavy atom. The molecule has 0 heterocycles. The maximum absolute atomic E-state index is 8.66. The third-order valence-corrected chi connectivity index (χ3v) is 1.09. The minimum Gasteiger partial charge on any atom is -0.392 e. The lowest BCUT2D eigenvalue weighted by Gasteiger charge is -1.71. The summed E-state index contributed by atoms with van der Waals surface area (Å²) in [4.78, 5) is 0. The van der Waals surface area contributed by atoms with Gasteiger partial charge in [0, 0.05) is 5.92 Å². The Bertz CT molecular complexity index is 118. The lowest BCUT2D eigenvalue weighted by molar-refractivity contribution is 0.269. The fraction of sp³-hybridized carbons (Fsp3) is 0.667. The third kappa shape index (κ3) is 0.942. The first-order chi connectivity index (χ1) is 3.34. The molecule has 0 aliphatic heterocycles. The highest BCUT2D eigenvalue weighted by molar-refractivity contribution is 5.11. The van der Waals surface area contributed by atoms with E-state index in [0.717, 1.165) is 6.42 Å². The molecule has 2 atom stereocenters. The van der Waals surface area contributed by atoms with Gasteiger partial charge >= 0.3 is 0 Å². The average molecular weight is 96.1 g/mol. The minimum atomic E-state index is -0.104. The standard InChI is InChI=1S/C6H8O/c1-2-3-5-4-6(5)7/h5-7H,4H2,1H3. The summed E-state index contributed by atoms with van der Waals surface area (Å²) in [6.07, 6.45) is 0.786. The zero-order valence-electron chi connectivity index (χ0n) is 4.31. The minimum absolute atomic E-state index is 0.104. The number of hydrogen-bond donors (Lipinski definition) is 1. The molecule has 0 aromatic carbocycles. The van der Waals surface area contributed by atoms with E-state index in [2.05, 4.69) is 11.8 Å². The molecule has 1 rings (SSSR count). The van der Waals surface area contributed by atoms with Crippen molar-refractivity contribution < 1.29 is 5.11 Å². The van der Waals surface area contributed by atoms with Gasteiger partial charge in [-0.15, -0.1) is 5.92 Å². The van der Waals surface area contributed by atoms with E-state index < -0.39 is 0 Å². The molecule has 0 radical (unpaired) electrons. The summed E-state index contributed by atoms with van der Waals surface area (Å²) < 4.78 is 0. The molecule has 0 aromatic rings. The van der Waals surface area contributed by atoms with Crippen LogP contribution in [0.3, 0.4) is 0 Å². The summed E-state index contributed by atoms with van der Waals surface area (Å²) in [6.45, 7) is 1.80. The van der Waals surface area contributed by atoms with Crippen molar-refractivity contribution in [2.24, 2.45) is 5.92 Å². The molecule has 7 heavy (non-hydrogen) atoms. The molecule has 0 saturated heterocycles. The van der Waals surface area contributed by atoms with Gasteiger partial charge in [-0.3, -0.25) is 0 Å². The second-order valence-corrected chi connectivity index (χ2v) is 1.80. The van der Waals surface area contributed by atoms with Crippen LogP contribution in [-0.4, -0.2) is 11.2 Å². The summed E-state index contributed by atoms with van der Waals surface area (Å²) in [6, 6.07) is 0. The zero-order valence-corrected chi connectivity index (χ0v) is 4.31. The highest BCUT2D eigenvalue weighted by Crippen LogP contribution is 2.28. The van der Waals surface area contributed by atoms with Gasteiger partial charge in [0.25, 0.3) is 0 Å². The summed E-state index contributed by atoms with van der Waals surface area (Å²) in [7, 11) is 0. The predicted octanol–water partition coefficient (Wildman–Crippen LogP) is 0.391. The van der Waals surface area contributed by atoms with Crippen molar-refractivity contribution in [2.45, 2.75) is 19.4 Å². The van der Waals surface area contributed by atoms with Crippen molar-refractivity contribution >= 4 is 0 Å². The maximum atomic E-state index is 8.66. The fourth-order valence-electron chi connectivity index (χ4n) is 0.522. The Labute approximate surface area is 43.4 Å². The molecular weight excluding hydrogens is 88.1 g/mol. The second-order valence-electron chi connectivity index (χ2n) is 1.80. The van der Waals surface area contributed by atoms with Crippen molar-refractivity contribution in [2.75, 3.05) is 0 Å². The van der Waals surface area contributed by atoms with Gasteiger partial charge in [0.05, 0.1) is 6.10 Å². The monoisotopic (exact) mass is 96.1 g/mol. The SMILES string of the molecule is CC#CC1CC1O. The molecular formula is C6H8O. The fourth-order valence-corrected chi connectivity index (χ4v) is 0.522. The van der Waals surface area contributed by atoms with Crippen molar-refractivity contribution in [3.63, 3.8) is 0 Å². The summed E-state index contributed by atoms with van der Waals surface area (Å²) >= 11 is 0. The average Bonchev–Trinajstić information content (AvgIpc) is 2.22. The number of rotatable bonds is 0. The molecule has 1 aliphatic rings. The van der Waals surface area contributed by atoms with Crippen LogP contribution in [0.1, 0.15) is 13.3 Å². The molecule has 1 fully saturated rings. The van der Waals surface area contributed by atoms with E-state index in [4.69, 9.17) is 5.11 Å². The second kappa shape index (κ2) is 1.55. The Morgan fingerprint density at radius 1 is 1.71 bits per heavy atom. The van der Waals surface area contributed by atoms with Gasteiger partial charge in [-0.05, 0) is 13.3 Å². The summed E-state index contributed by atoms with van der Waals surface area (Å²) in [5.74, 6) is 5.93. The summed E-state index contributed by atoms with van der Waals surface area (Å²) in [5.41, 5.74) is 0. The van der Waals surface area contributed by atoms with Crippen LogP contribution in [0.25, 0.3) is 0 Å². The van der Waals surface area contributed by atoms with Crippen LogP contribution in [0.15, 0.2) is 0 Å². The molecule has 38 valence electrons. The lowest BCUT2D eigenvalue weighted by Crippen LogP contribution is -1.78. The molecule has 0 amide bonds. The first-order valence-electron chi connectivity index (χ1n) is 2.45. The summed E-state index contributed by atoms with van der Waals surface area (Å²) in [5, 5.41) is 8.66. The molecule has 1 nitrogen and oxygen atoms in total. The lowest BCUT2D eigenvalue weighted by atomic mass is 10.4. The van der Waals surface area contributed by atoms with Crippen LogP contribution in [0, 0.1) is 17.8 Å². The van der Waals surface area contributed by atoms with Crippen molar-refractivity contribution in [1.82, 2.24) is 0 Å². The van der Waals surface area contributed by atoms with E-state index in [1.54, 1.807) is 6.92 Å². The Morgan fingerprint density at radius 2 is 2.29 bits per heavy atom. The maximum Gasteiger partial charge on any atom is 0.0691 e. The third-order valence-electron chi connectivity index (χ3n) is 1.09. The highest BCUT2D eigenvalue weighted by atomic mass is 16.3. The molecule has 0 spiro atoms. The van der Waals surface area contributed by atoms with Crippen LogP contribution in [0.2, 0.25) is 0 Å². The molecule has 1 aliphatic carbocycles. The molecule has 1 N–H and O–H groups in total. The van der Waals surface area contributed by atoms with Gasteiger partial charge in [-0.1, -0.05) is 5.92 Å². The zero-order chi connectivity index (χ0) is 5.28. The van der Waals surface area contributed by atoms with Gasteiger partial charge in [-0.2, -0.15) is 0 Å². The Hall–Kier alpha value is -0.480.